The molecule has 2 heterocycles. The van der Waals surface area contributed by atoms with E-state index < -0.39 is 0 Å². The molecule has 0 bridgehead atoms. The first-order valence-electron chi connectivity index (χ1n) is 10.6. The molecule has 0 aliphatic carbocycles. The number of thiophene rings is 1. The number of hydrogen-bond acceptors (Lipinski definition) is 4. The van der Waals surface area contributed by atoms with Crippen LogP contribution in [0.25, 0.3) is 0 Å². The molecule has 0 N–H and O–H groups in total. The molecule has 1 fully saturated rings. The lowest BCUT2D eigenvalue weighted by Crippen LogP contribution is -2.48. The zero-order valence-corrected chi connectivity index (χ0v) is 19.8. The Kier molecular flexibility index (Phi) is 7.13. The van der Waals surface area contributed by atoms with Crippen LogP contribution in [-0.4, -0.2) is 41.9 Å². The Morgan fingerprint density at radius 2 is 1.91 bits per heavy atom. The molecule has 0 radical (unpaired) electrons. The maximum Gasteiger partial charge on any atom is 0.264 e. The summed E-state index contributed by atoms with van der Waals surface area (Å²) in [6.07, 6.45) is 0. The third kappa shape index (κ3) is 5.31. The zero-order chi connectivity index (χ0) is 22.7. The lowest BCUT2D eigenvalue weighted by atomic mass is 10.1. The van der Waals surface area contributed by atoms with Crippen LogP contribution in [0.4, 0.5) is 4.39 Å². The lowest BCUT2D eigenvalue weighted by Gasteiger charge is -2.34. The van der Waals surface area contributed by atoms with Crippen molar-refractivity contribution in [3.8, 4) is 5.75 Å². The van der Waals surface area contributed by atoms with Crippen LogP contribution >= 0.6 is 22.9 Å². The summed E-state index contributed by atoms with van der Waals surface area (Å²) in [5, 5.41) is 2.42. The van der Waals surface area contributed by atoms with Gasteiger partial charge in [-0.3, -0.25) is 9.69 Å². The van der Waals surface area contributed by atoms with Crippen LogP contribution in [0.15, 0.2) is 47.8 Å². The molecule has 0 unspecified atom stereocenters. The predicted molar refractivity (Wildman–Crippen MR) is 127 cm³/mol. The Labute approximate surface area is 197 Å². The molecule has 7 heteroatoms. The number of carbonyl (C=O) groups is 1. The first-order valence-corrected chi connectivity index (χ1v) is 11.9. The normalized spacial score (nSPS) is 14.6. The molecule has 0 spiro atoms. The van der Waals surface area contributed by atoms with E-state index in [1.54, 1.807) is 12.1 Å². The molecule has 4 rings (SSSR count). The van der Waals surface area contributed by atoms with Gasteiger partial charge in [0, 0.05) is 48.9 Å². The minimum Gasteiger partial charge on any atom is -0.489 e. The average molecular weight is 473 g/mol. The highest BCUT2D eigenvalue weighted by Gasteiger charge is 2.24. The van der Waals surface area contributed by atoms with Crippen LogP contribution in [0.5, 0.6) is 5.75 Å². The zero-order valence-electron chi connectivity index (χ0n) is 18.2. The fourth-order valence-corrected chi connectivity index (χ4v) is 4.85. The smallest absolute Gasteiger partial charge is 0.264 e. The molecule has 1 aromatic heterocycles. The van der Waals surface area contributed by atoms with E-state index in [2.05, 4.69) is 11.0 Å². The fourth-order valence-electron chi connectivity index (χ4n) is 3.76. The molecule has 0 saturated carbocycles. The number of ether oxygens (including phenoxy) is 1. The van der Waals surface area contributed by atoms with Gasteiger partial charge in [-0.05, 0) is 54.6 Å². The van der Waals surface area contributed by atoms with Gasteiger partial charge < -0.3 is 9.64 Å². The van der Waals surface area contributed by atoms with Gasteiger partial charge in [0.1, 0.15) is 18.2 Å². The van der Waals surface area contributed by atoms with Crippen molar-refractivity contribution in [2.75, 3.05) is 26.2 Å². The van der Waals surface area contributed by atoms with Crippen molar-refractivity contribution in [1.29, 1.82) is 0 Å². The van der Waals surface area contributed by atoms with Crippen molar-refractivity contribution >= 4 is 28.8 Å². The maximum atomic E-state index is 14.1. The second kappa shape index (κ2) is 10.0. The molecule has 168 valence electrons. The molecular weight excluding hydrogens is 447 g/mol. The number of benzene rings is 2. The lowest BCUT2D eigenvalue weighted by molar-refractivity contribution is 0.0631. The summed E-state index contributed by atoms with van der Waals surface area (Å²) in [7, 11) is 0. The summed E-state index contributed by atoms with van der Waals surface area (Å²) in [5.74, 6) is 0.622. The highest BCUT2D eigenvalue weighted by Crippen LogP contribution is 2.24. The highest BCUT2D eigenvalue weighted by molar-refractivity contribution is 7.12. The van der Waals surface area contributed by atoms with E-state index in [-0.39, 0.29) is 11.7 Å². The summed E-state index contributed by atoms with van der Waals surface area (Å²) in [5.41, 5.74) is 3.76. The summed E-state index contributed by atoms with van der Waals surface area (Å²) in [6, 6.07) is 12.8. The standard InChI is InChI=1S/C25H26ClFN2O2S/c1-17-6-7-18(2)23(12-17)31-15-19-13-24(32-16-19)25(30)29-10-8-28(9-11-29)14-20-21(26)4-3-5-22(20)27/h3-7,12-13,16H,8-11,14-15H2,1-2H3. The van der Waals surface area contributed by atoms with E-state index in [0.29, 0.717) is 49.9 Å². The van der Waals surface area contributed by atoms with E-state index in [4.69, 9.17) is 16.3 Å². The van der Waals surface area contributed by atoms with Crippen LogP contribution in [0.1, 0.15) is 31.9 Å². The summed E-state index contributed by atoms with van der Waals surface area (Å²) < 4.78 is 20.0. The van der Waals surface area contributed by atoms with Gasteiger partial charge in [0.15, 0.2) is 0 Å². The van der Waals surface area contributed by atoms with Crippen LogP contribution in [-0.2, 0) is 13.2 Å². The van der Waals surface area contributed by atoms with Gasteiger partial charge in [0.05, 0.1) is 4.88 Å². The molecular formula is C25H26ClFN2O2S. The monoisotopic (exact) mass is 472 g/mol. The molecule has 32 heavy (non-hydrogen) atoms. The number of carbonyl (C=O) groups excluding carboxylic acids is 1. The summed E-state index contributed by atoms with van der Waals surface area (Å²) in [6.45, 7) is 7.54. The van der Waals surface area contributed by atoms with Gasteiger partial charge >= 0.3 is 0 Å². The topological polar surface area (TPSA) is 32.8 Å². The molecule has 3 aromatic rings. The van der Waals surface area contributed by atoms with Gasteiger partial charge in [0.2, 0.25) is 0 Å². The van der Waals surface area contributed by atoms with Gasteiger partial charge in [-0.2, -0.15) is 0 Å². The van der Waals surface area contributed by atoms with Crippen molar-refractivity contribution in [3.05, 3.63) is 85.8 Å². The number of rotatable bonds is 6. The summed E-state index contributed by atoms with van der Waals surface area (Å²) >= 11 is 7.60. The fraction of sp³-hybridized carbons (Fsp3) is 0.320. The van der Waals surface area contributed by atoms with Crippen LogP contribution in [0, 0.1) is 19.7 Å². The van der Waals surface area contributed by atoms with Gasteiger partial charge in [0.25, 0.3) is 5.91 Å². The molecule has 2 aromatic carbocycles. The second-order valence-electron chi connectivity index (χ2n) is 8.15. The van der Waals surface area contributed by atoms with Gasteiger partial charge in [-0.15, -0.1) is 11.3 Å². The largest absolute Gasteiger partial charge is 0.489 e. The van der Waals surface area contributed by atoms with Gasteiger partial charge in [-0.1, -0.05) is 29.8 Å². The van der Waals surface area contributed by atoms with Gasteiger partial charge in [-0.25, -0.2) is 4.39 Å². The minimum absolute atomic E-state index is 0.0385. The van der Waals surface area contributed by atoms with E-state index in [1.807, 2.05) is 42.3 Å². The van der Waals surface area contributed by atoms with Crippen molar-refractivity contribution in [3.63, 3.8) is 0 Å². The van der Waals surface area contributed by atoms with Crippen LogP contribution in [0.2, 0.25) is 5.02 Å². The SMILES string of the molecule is Cc1ccc(C)c(OCc2csc(C(=O)N3CCN(Cc4c(F)cccc4Cl)CC3)c2)c1. The van der Waals surface area contributed by atoms with E-state index >= 15 is 0 Å². The van der Waals surface area contributed by atoms with Crippen LogP contribution < -0.4 is 4.74 Å². The Morgan fingerprint density at radius 3 is 2.66 bits per heavy atom. The summed E-state index contributed by atoms with van der Waals surface area (Å²) in [4.78, 5) is 17.7. The van der Waals surface area contributed by atoms with E-state index in [0.717, 1.165) is 27.3 Å². The van der Waals surface area contributed by atoms with Crippen molar-refractivity contribution in [1.82, 2.24) is 9.80 Å². The highest BCUT2D eigenvalue weighted by atomic mass is 35.5. The molecule has 1 saturated heterocycles. The Hall–Kier alpha value is -2.41. The minimum atomic E-state index is -0.287. The van der Waals surface area contributed by atoms with Crippen molar-refractivity contribution in [2.45, 2.75) is 27.0 Å². The van der Waals surface area contributed by atoms with Crippen LogP contribution in [0.3, 0.4) is 0 Å². The molecule has 1 aliphatic rings. The quantitative estimate of drug-likeness (QED) is 0.461. The molecule has 1 aliphatic heterocycles. The maximum absolute atomic E-state index is 14.1. The Balaban J connectivity index is 1.31. The second-order valence-corrected chi connectivity index (χ2v) is 9.46. The predicted octanol–water partition coefficient (Wildman–Crippen LogP) is 5.69. The number of aryl methyl sites for hydroxylation is 2. The first-order chi connectivity index (χ1) is 15.4. The number of hydrogen-bond donors (Lipinski definition) is 0. The Bertz CT molecular complexity index is 1090. The van der Waals surface area contributed by atoms with Crippen molar-refractivity contribution < 1.29 is 13.9 Å². The average Bonchev–Trinajstić information content (AvgIpc) is 3.26. The number of halogens is 2. The third-order valence-electron chi connectivity index (χ3n) is 5.71. The number of nitrogens with zero attached hydrogens (tertiary/aromatic N) is 2. The first kappa shape index (κ1) is 22.8. The Morgan fingerprint density at radius 1 is 1.12 bits per heavy atom. The van der Waals surface area contributed by atoms with E-state index in [9.17, 15) is 9.18 Å². The molecule has 1 amide bonds. The molecule has 0 atom stereocenters. The van der Waals surface area contributed by atoms with E-state index in [1.165, 1.54) is 17.4 Å². The molecule has 4 nitrogen and oxygen atoms in total. The number of amides is 1. The van der Waals surface area contributed by atoms with Crippen molar-refractivity contribution in [2.24, 2.45) is 0 Å². The number of piperazine rings is 1. The third-order valence-corrected chi connectivity index (χ3v) is 7.03.